The lowest BCUT2D eigenvalue weighted by Gasteiger charge is -2.14. The standard InChI is InChI=1S/C15H14BrN3O3S/c1-20-10-6-8(7-11(21-2)12(10)22-3)17-15-18-9-4-5-23-13(9)14(16)19-15/h4-7H,1-3H3,(H,17,18,19). The highest BCUT2D eigenvalue weighted by Gasteiger charge is 2.14. The van der Waals surface area contributed by atoms with Crippen LogP contribution in [0.1, 0.15) is 0 Å². The Kier molecular flexibility index (Phi) is 4.53. The van der Waals surface area contributed by atoms with Gasteiger partial charge in [0.15, 0.2) is 11.5 Å². The molecule has 0 bridgehead atoms. The van der Waals surface area contributed by atoms with Crippen LogP contribution in [0, 0.1) is 0 Å². The molecule has 1 aromatic carbocycles. The van der Waals surface area contributed by atoms with E-state index in [1.165, 1.54) is 0 Å². The van der Waals surface area contributed by atoms with Gasteiger partial charge in [0.1, 0.15) is 4.60 Å². The number of hydrogen-bond donors (Lipinski definition) is 1. The molecule has 120 valence electrons. The van der Waals surface area contributed by atoms with E-state index in [0.717, 1.165) is 20.5 Å². The van der Waals surface area contributed by atoms with E-state index in [2.05, 4.69) is 31.2 Å². The zero-order valence-corrected chi connectivity index (χ0v) is 15.1. The van der Waals surface area contributed by atoms with Gasteiger partial charge in [0.05, 0.1) is 31.5 Å². The molecule has 0 saturated carbocycles. The molecular weight excluding hydrogens is 382 g/mol. The van der Waals surface area contributed by atoms with Crippen molar-refractivity contribution in [3.8, 4) is 17.2 Å². The molecule has 0 unspecified atom stereocenters. The van der Waals surface area contributed by atoms with Gasteiger partial charge in [-0.05, 0) is 27.4 Å². The number of nitrogens with zero attached hydrogens (tertiary/aromatic N) is 2. The Morgan fingerprint density at radius 1 is 1.04 bits per heavy atom. The number of methoxy groups -OCH3 is 3. The molecule has 0 fully saturated rings. The Bertz CT molecular complexity index is 828. The molecular formula is C15H14BrN3O3S. The fraction of sp³-hybridized carbons (Fsp3) is 0.200. The van der Waals surface area contributed by atoms with E-state index in [1.54, 1.807) is 44.8 Å². The van der Waals surface area contributed by atoms with Crippen LogP contribution in [0.2, 0.25) is 0 Å². The first-order valence-electron chi connectivity index (χ1n) is 6.64. The summed E-state index contributed by atoms with van der Waals surface area (Å²) >= 11 is 5.06. The van der Waals surface area contributed by atoms with Gasteiger partial charge in [0, 0.05) is 17.8 Å². The number of aromatic nitrogens is 2. The molecule has 0 saturated heterocycles. The summed E-state index contributed by atoms with van der Waals surface area (Å²) in [5, 5.41) is 5.14. The minimum absolute atomic E-state index is 0.483. The second-order valence-corrected chi connectivity index (χ2v) is 6.18. The molecule has 1 N–H and O–H groups in total. The molecule has 2 aromatic heterocycles. The Labute approximate surface area is 145 Å². The van der Waals surface area contributed by atoms with Gasteiger partial charge in [-0.3, -0.25) is 0 Å². The molecule has 0 aliphatic heterocycles. The van der Waals surface area contributed by atoms with Crippen LogP contribution in [0.3, 0.4) is 0 Å². The van der Waals surface area contributed by atoms with Crippen molar-refractivity contribution in [1.29, 1.82) is 0 Å². The predicted molar refractivity (Wildman–Crippen MR) is 94.5 cm³/mol. The van der Waals surface area contributed by atoms with Gasteiger partial charge in [-0.1, -0.05) is 0 Å². The zero-order chi connectivity index (χ0) is 16.4. The molecule has 2 heterocycles. The largest absolute Gasteiger partial charge is 0.493 e. The van der Waals surface area contributed by atoms with E-state index < -0.39 is 0 Å². The van der Waals surface area contributed by atoms with Gasteiger partial charge >= 0.3 is 0 Å². The Morgan fingerprint density at radius 3 is 2.35 bits per heavy atom. The minimum Gasteiger partial charge on any atom is -0.493 e. The number of rotatable bonds is 5. The maximum absolute atomic E-state index is 5.35. The zero-order valence-electron chi connectivity index (χ0n) is 12.7. The molecule has 0 spiro atoms. The Morgan fingerprint density at radius 2 is 1.74 bits per heavy atom. The first kappa shape index (κ1) is 15.8. The van der Waals surface area contributed by atoms with E-state index in [0.29, 0.717) is 23.2 Å². The van der Waals surface area contributed by atoms with Gasteiger partial charge in [-0.15, -0.1) is 11.3 Å². The molecule has 23 heavy (non-hydrogen) atoms. The van der Waals surface area contributed by atoms with Crippen LogP contribution in [0.15, 0.2) is 28.2 Å². The molecule has 0 aliphatic carbocycles. The fourth-order valence-corrected chi connectivity index (χ4v) is 3.53. The summed E-state index contributed by atoms with van der Waals surface area (Å²) in [6.07, 6.45) is 0. The van der Waals surface area contributed by atoms with Crippen LogP contribution in [-0.2, 0) is 0 Å². The number of anilines is 2. The van der Waals surface area contributed by atoms with E-state index in [4.69, 9.17) is 14.2 Å². The second kappa shape index (κ2) is 6.59. The normalized spacial score (nSPS) is 10.6. The number of halogens is 1. The third kappa shape index (κ3) is 3.04. The lowest BCUT2D eigenvalue weighted by Crippen LogP contribution is -2.00. The summed E-state index contributed by atoms with van der Waals surface area (Å²) < 4.78 is 17.8. The summed E-state index contributed by atoms with van der Waals surface area (Å²) in [6, 6.07) is 5.56. The van der Waals surface area contributed by atoms with Crippen molar-refractivity contribution in [2.24, 2.45) is 0 Å². The predicted octanol–water partition coefficient (Wildman–Crippen LogP) is 4.22. The highest BCUT2D eigenvalue weighted by molar-refractivity contribution is 9.10. The monoisotopic (exact) mass is 395 g/mol. The van der Waals surface area contributed by atoms with Crippen molar-refractivity contribution in [2.45, 2.75) is 0 Å². The molecule has 0 amide bonds. The number of fused-ring (bicyclic) bond motifs is 1. The van der Waals surface area contributed by atoms with E-state index in [9.17, 15) is 0 Å². The summed E-state index contributed by atoms with van der Waals surface area (Å²) in [5.74, 6) is 2.14. The van der Waals surface area contributed by atoms with Crippen LogP contribution >= 0.6 is 27.3 Å². The molecule has 8 heteroatoms. The minimum atomic E-state index is 0.483. The number of thiophene rings is 1. The summed E-state index contributed by atoms with van der Waals surface area (Å²) in [5.41, 5.74) is 1.62. The Hall–Kier alpha value is -2.06. The summed E-state index contributed by atoms with van der Waals surface area (Å²) in [6.45, 7) is 0. The number of ether oxygens (including phenoxy) is 3. The van der Waals surface area contributed by atoms with E-state index >= 15 is 0 Å². The first-order valence-corrected chi connectivity index (χ1v) is 8.31. The lowest BCUT2D eigenvalue weighted by molar-refractivity contribution is 0.324. The maximum Gasteiger partial charge on any atom is 0.228 e. The SMILES string of the molecule is COc1cc(Nc2nc(Br)c3sccc3n2)cc(OC)c1OC. The van der Waals surface area contributed by atoms with Crippen molar-refractivity contribution in [2.75, 3.05) is 26.6 Å². The van der Waals surface area contributed by atoms with E-state index in [1.807, 2.05) is 11.4 Å². The van der Waals surface area contributed by atoms with Crippen LogP contribution in [-0.4, -0.2) is 31.3 Å². The highest BCUT2D eigenvalue weighted by atomic mass is 79.9. The summed E-state index contributed by atoms with van der Waals surface area (Å²) in [4.78, 5) is 8.90. The van der Waals surface area contributed by atoms with Crippen molar-refractivity contribution < 1.29 is 14.2 Å². The quantitative estimate of drug-likeness (QED) is 0.652. The fourth-order valence-electron chi connectivity index (χ4n) is 2.17. The van der Waals surface area contributed by atoms with Gasteiger partial charge in [0.2, 0.25) is 11.7 Å². The van der Waals surface area contributed by atoms with Crippen LogP contribution in [0.5, 0.6) is 17.2 Å². The number of nitrogens with one attached hydrogen (secondary N) is 1. The van der Waals surface area contributed by atoms with E-state index in [-0.39, 0.29) is 0 Å². The second-order valence-electron chi connectivity index (χ2n) is 4.51. The smallest absolute Gasteiger partial charge is 0.228 e. The maximum atomic E-state index is 5.35. The third-order valence-corrected chi connectivity index (χ3v) is 4.93. The molecule has 6 nitrogen and oxygen atoms in total. The lowest BCUT2D eigenvalue weighted by atomic mass is 10.2. The van der Waals surface area contributed by atoms with Gasteiger partial charge in [0.25, 0.3) is 0 Å². The molecule has 0 radical (unpaired) electrons. The number of benzene rings is 1. The topological polar surface area (TPSA) is 65.5 Å². The first-order chi connectivity index (χ1) is 11.2. The van der Waals surface area contributed by atoms with Crippen molar-refractivity contribution in [3.05, 3.63) is 28.2 Å². The van der Waals surface area contributed by atoms with Crippen LogP contribution in [0.4, 0.5) is 11.6 Å². The molecule has 0 aliphatic rings. The van der Waals surface area contributed by atoms with Gasteiger partial charge < -0.3 is 19.5 Å². The van der Waals surface area contributed by atoms with Gasteiger partial charge in [-0.25, -0.2) is 9.97 Å². The van der Waals surface area contributed by atoms with Crippen molar-refractivity contribution >= 4 is 49.1 Å². The van der Waals surface area contributed by atoms with Crippen molar-refractivity contribution in [3.63, 3.8) is 0 Å². The average Bonchev–Trinajstić information content (AvgIpc) is 3.02. The van der Waals surface area contributed by atoms with Crippen LogP contribution < -0.4 is 19.5 Å². The number of hydrogen-bond acceptors (Lipinski definition) is 7. The highest BCUT2D eigenvalue weighted by Crippen LogP contribution is 2.40. The average molecular weight is 396 g/mol. The third-order valence-electron chi connectivity index (χ3n) is 3.18. The molecule has 3 rings (SSSR count). The van der Waals surface area contributed by atoms with Crippen molar-refractivity contribution in [1.82, 2.24) is 9.97 Å². The van der Waals surface area contributed by atoms with Crippen LogP contribution in [0.25, 0.3) is 10.2 Å². The summed E-state index contributed by atoms with van der Waals surface area (Å²) in [7, 11) is 4.72. The molecule has 3 aromatic rings. The van der Waals surface area contributed by atoms with Gasteiger partial charge in [-0.2, -0.15) is 0 Å². The molecule has 0 atom stereocenters. The Balaban J connectivity index is 2.00.